The zero-order chi connectivity index (χ0) is 20.2. The molecular formula is C21H23N5O3. The van der Waals surface area contributed by atoms with Crippen LogP contribution in [0.25, 0.3) is 0 Å². The molecule has 4 rings (SSSR count). The number of hydrogen-bond donors (Lipinski definition) is 0. The van der Waals surface area contributed by atoms with Crippen LogP contribution in [0.2, 0.25) is 0 Å². The minimum absolute atomic E-state index is 0.0143. The second-order valence-electron chi connectivity index (χ2n) is 6.73. The number of rotatable bonds is 6. The Kier molecular flexibility index (Phi) is 5.41. The summed E-state index contributed by atoms with van der Waals surface area (Å²) in [4.78, 5) is 23.0. The van der Waals surface area contributed by atoms with Gasteiger partial charge in [-0.3, -0.25) is 14.5 Å². The van der Waals surface area contributed by atoms with Crippen LogP contribution in [0.4, 0.5) is 0 Å². The second kappa shape index (κ2) is 8.30. The van der Waals surface area contributed by atoms with E-state index in [-0.39, 0.29) is 12.5 Å². The Hall–Kier alpha value is -3.42. The molecule has 0 N–H and O–H groups in total. The van der Waals surface area contributed by atoms with Gasteiger partial charge in [0.05, 0.1) is 13.3 Å². The molecule has 0 fully saturated rings. The Bertz CT molecular complexity index is 1000. The van der Waals surface area contributed by atoms with Crippen molar-refractivity contribution < 1.29 is 14.3 Å². The Morgan fingerprint density at radius 2 is 2.17 bits per heavy atom. The monoisotopic (exact) mass is 393 g/mol. The number of amides is 1. The maximum absolute atomic E-state index is 13.0. The Morgan fingerprint density at radius 1 is 1.28 bits per heavy atom. The zero-order valence-electron chi connectivity index (χ0n) is 16.5. The molecule has 0 spiro atoms. The van der Waals surface area contributed by atoms with Gasteiger partial charge in [0.15, 0.2) is 0 Å². The molecular weight excluding hydrogens is 370 g/mol. The van der Waals surface area contributed by atoms with Gasteiger partial charge in [-0.05, 0) is 25.1 Å². The molecule has 3 aromatic rings. The van der Waals surface area contributed by atoms with E-state index in [4.69, 9.17) is 14.6 Å². The first kappa shape index (κ1) is 18.9. The molecule has 0 radical (unpaired) electrons. The number of aryl methyl sites for hydroxylation is 1. The summed E-state index contributed by atoms with van der Waals surface area (Å²) >= 11 is 0. The van der Waals surface area contributed by atoms with E-state index in [0.29, 0.717) is 30.3 Å². The van der Waals surface area contributed by atoms with Crippen molar-refractivity contribution >= 4 is 5.91 Å². The molecule has 0 bridgehead atoms. The van der Waals surface area contributed by atoms with Gasteiger partial charge < -0.3 is 14.4 Å². The topological polar surface area (TPSA) is 82.4 Å². The normalized spacial score (nSPS) is 13.1. The lowest BCUT2D eigenvalue weighted by molar-refractivity contribution is 0.0732. The van der Waals surface area contributed by atoms with Gasteiger partial charge in [0, 0.05) is 55.3 Å². The summed E-state index contributed by atoms with van der Waals surface area (Å²) in [5, 5.41) is 4.70. The first-order valence-corrected chi connectivity index (χ1v) is 9.59. The van der Waals surface area contributed by atoms with Gasteiger partial charge in [-0.25, -0.2) is 4.98 Å². The molecule has 0 atom stereocenters. The third-order valence-corrected chi connectivity index (χ3v) is 5.02. The van der Waals surface area contributed by atoms with Gasteiger partial charge in [-0.15, -0.1) is 0 Å². The molecule has 0 aliphatic carbocycles. The van der Waals surface area contributed by atoms with E-state index >= 15 is 0 Å². The quantitative estimate of drug-likeness (QED) is 0.640. The predicted molar refractivity (Wildman–Crippen MR) is 106 cm³/mol. The highest BCUT2D eigenvalue weighted by atomic mass is 16.5. The SMILES string of the molecule is CCn1nc(COc2cnccn2)c2c1CCN(C(=O)c1cccc(OC)c1)C2. The summed E-state index contributed by atoms with van der Waals surface area (Å²) in [5.41, 5.74) is 3.67. The van der Waals surface area contributed by atoms with Gasteiger partial charge in [0.1, 0.15) is 18.1 Å². The van der Waals surface area contributed by atoms with Crippen LogP contribution >= 0.6 is 0 Å². The number of carbonyl (C=O) groups is 1. The molecule has 0 saturated carbocycles. The smallest absolute Gasteiger partial charge is 0.254 e. The number of nitrogens with zero attached hydrogens (tertiary/aromatic N) is 5. The van der Waals surface area contributed by atoms with Crippen molar-refractivity contribution in [3.63, 3.8) is 0 Å². The largest absolute Gasteiger partial charge is 0.497 e. The van der Waals surface area contributed by atoms with Crippen LogP contribution in [0, 0.1) is 0 Å². The third kappa shape index (κ3) is 3.91. The molecule has 1 aromatic carbocycles. The van der Waals surface area contributed by atoms with Crippen LogP contribution in [0.15, 0.2) is 42.9 Å². The molecule has 8 nitrogen and oxygen atoms in total. The predicted octanol–water partition coefficient (Wildman–Crippen LogP) is 2.48. The van der Waals surface area contributed by atoms with Crippen molar-refractivity contribution in [2.24, 2.45) is 0 Å². The van der Waals surface area contributed by atoms with Gasteiger partial charge in [0.25, 0.3) is 5.91 Å². The van der Waals surface area contributed by atoms with E-state index in [9.17, 15) is 4.79 Å². The van der Waals surface area contributed by atoms with E-state index in [2.05, 4.69) is 16.9 Å². The summed E-state index contributed by atoms with van der Waals surface area (Å²) in [5.74, 6) is 1.11. The summed E-state index contributed by atoms with van der Waals surface area (Å²) in [6.45, 7) is 4.28. The summed E-state index contributed by atoms with van der Waals surface area (Å²) in [6, 6.07) is 7.24. The van der Waals surface area contributed by atoms with Crippen molar-refractivity contribution in [1.29, 1.82) is 0 Å². The van der Waals surface area contributed by atoms with Crippen molar-refractivity contribution in [3.05, 3.63) is 65.4 Å². The van der Waals surface area contributed by atoms with E-state index in [0.717, 1.165) is 24.2 Å². The van der Waals surface area contributed by atoms with E-state index in [1.54, 1.807) is 31.8 Å². The van der Waals surface area contributed by atoms with Crippen LogP contribution in [-0.2, 0) is 26.1 Å². The standard InChI is InChI=1S/C21H23N5O3/c1-3-26-19-7-10-25(21(27)15-5-4-6-16(11-15)28-2)13-17(19)18(24-26)14-29-20-12-22-8-9-23-20/h4-6,8-9,11-12H,3,7,10,13-14H2,1-2H3. The van der Waals surface area contributed by atoms with Crippen molar-refractivity contribution in [2.45, 2.75) is 33.0 Å². The number of fused-ring (bicyclic) bond motifs is 1. The highest BCUT2D eigenvalue weighted by Gasteiger charge is 2.28. The lowest BCUT2D eigenvalue weighted by Crippen LogP contribution is -2.36. The van der Waals surface area contributed by atoms with Crippen LogP contribution < -0.4 is 9.47 Å². The van der Waals surface area contributed by atoms with Crippen LogP contribution in [-0.4, -0.2) is 44.2 Å². The lowest BCUT2D eigenvalue weighted by atomic mass is 10.0. The van der Waals surface area contributed by atoms with Gasteiger partial charge in [-0.1, -0.05) is 6.07 Å². The fourth-order valence-electron chi connectivity index (χ4n) is 3.55. The third-order valence-electron chi connectivity index (χ3n) is 5.02. The molecule has 2 aromatic heterocycles. The number of benzene rings is 1. The number of ether oxygens (including phenoxy) is 2. The van der Waals surface area contributed by atoms with Crippen LogP contribution in [0.1, 0.15) is 34.2 Å². The number of hydrogen-bond acceptors (Lipinski definition) is 6. The van der Waals surface area contributed by atoms with Gasteiger partial charge in [-0.2, -0.15) is 5.10 Å². The molecule has 0 saturated heterocycles. The molecule has 0 unspecified atom stereocenters. The molecule has 29 heavy (non-hydrogen) atoms. The Balaban J connectivity index is 1.55. The van der Waals surface area contributed by atoms with Crippen LogP contribution in [0.3, 0.4) is 0 Å². The fraction of sp³-hybridized carbons (Fsp3) is 0.333. The number of carbonyl (C=O) groups excluding carboxylic acids is 1. The van der Waals surface area contributed by atoms with E-state index in [1.165, 1.54) is 5.69 Å². The van der Waals surface area contributed by atoms with E-state index < -0.39 is 0 Å². The van der Waals surface area contributed by atoms with Crippen molar-refractivity contribution in [1.82, 2.24) is 24.6 Å². The number of aromatic nitrogens is 4. The average Bonchev–Trinajstić information content (AvgIpc) is 3.15. The summed E-state index contributed by atoms with van der Waals surface area (Å²) in [7, 11) is 1.60. The van der Waals surface area contributed by atoms with Crippen molar-refractivity contribution in [2.75, 3.05) is 13.7 Å². The maximum atomic E-state index is 13.0. The minimum Gasteiger partial charge on any atom is -0.497 e. The van der Waals surface area contributed by atoms with Crippen LogP contribution in [0.5, 0.6) is 11.6 Å². The first-order valence-electron chi connectivity index (χ1n) is 9.59. The maximum Gasteiger partial charge on any atom is 0.254 e. The lowest BCUT2D eigenvalue weighted by Gasteiger charge is -2.28. The van der Waals surface area contributed by atoms with Gasteiger partial charge >= 0.3 is 0 Å². The highest BCUT2D eigenvalue weighted by Crippen LogP contribution is 2.25. The minimum atomic E-state index is -0.0143. The second-order valence-corrected chi connectivity index (χ2v) is 6.73. The van der Waals surface area contributed by atoms with Gasteiger partial charge in [0.2, 0.25) is 5.88 Å². The molecule has 1 aliphatic heterocycles. The molecule has 1 aliphatic rings. The molecule has 1 amide bonds. The van der Waals surface area contributed by atoms with E-state index in [1.807, 2.05) is 27.8 Å². The fourth-order valence-corrected chi connectivity index (χ4v) is 3.55. The summed E-state index contributed by atoms with van der Waals surface area (Å²) < 4.78 is 13.0. The number of methoxy groups -OCH3 is 1. The highest BCUT2D eigenvalue weighted by molar-refractivity contribution is 5.94. The molecule has 3 heterocycles. The Labute approximate surface area is 169 Å². The zero-order valence-corrected chi connectivity index (χ0v) is 16.5. The molecule has 8 heteroatoms. The summed E-state index contributed by atoms with van der Waals surface area (Å²) in [6.07, 6.45) is 5.52. The first-order chi connectivity index (χ1) is 14.2. The molecule has 150 valence electrons. The average molecular weight is 393 g/mol. The van der Waals surface area contributed by atoms with Crippen molar-refractivity contribution in [3.8, 4) is 11.6 Å². The Morgan fingerprint density at radius 3 is 2.93 bits per heavy atom.